The molecule has 0 aromatic heterocycles. The van der Waals surface area contributed by atoms with E-state index in [2.05, 4.69) is 33.0 Å². The van der Waals surface area contributed by atoms with Crippen LogP contribution in [0.25, 0.3) is 0 Å². The van der Waals surface area contributed by atoms with Gasteiger partial charge in [0.15, 0.2) is 0 Å². The van der Waals surface area contributed by atoms with Crippen molar-refractivity contribution in [3.63, 3.8) is 0 Å². The number of hydrogen-bond donors (Lipinski definition) is 1. The summed E-state index contributed by atoms with van der Waals surface area (Å²) in [6.45, 7) is 9.84. The molecular formula is C12H24F2N2. The lowest BCUT2D eigenvalue weighted by molar-refractivity contribution is 0.00857. The summed E-state index contributed by atoms with van der Waals surface area (Å²) in [5, 5.41) is 3.49. The van der Waals surface area contributed by atoms with Crippen molar-refractivity contribution in [3.05, 3.63) is 0 Å². The Balaban J connectivity index is 2.69. The van der Waals surface area contributed by atoms with E-state index in [0.717, 1.165) is 19.5 Å². The van der Waals surface area contributed by atoms with Crippen molar-refractivity contribution < 1.29 is 8.78 Å². The Morgan fingerprint density at radius 2 is 2.06 bits per heavy atom. The summed E-state index contributed by atoms with van der Waals surface area (Å²) >= 11 is 0. The summed E-state index contributed by atoms with van der Waals surface area (Å²) in [5.74, 6) is 0.410. The number of alkyl halides is 2. The van der Waals surface area contributed by atoms with Gasteiger partial charge in [0, 0.05) is 24.7 Å². The van der Waals surface area contributed by atoms with Crippen LogP contribution in [0.5, 0.6) is 0 Å². The first kappa shape index (κ1) is 13.8. The maximum Gasteiger partial charge on any atom is 0.251 e. The molecule has 0 aliphatic carbocycles. The number of hydrogen-bond acceptors (Lipinski definition) is 2. The zero-order valence-corrected chi connectivity index (χ0v) is 10.8. The quantitative estimate of drug-likeness (QED) is 0.803. The zero-order valence-electron chi connectivity index (χ0n) is 10.8. The summed E-state index contributed by atoms with van der Waals surface area (Å²) in [4.78, 5) is 1.95. The fourth-order valence-electron chi connectivity index (χ4n) is 2.37. The normalized spacial score (nSPS) is 32.6. The second-order valence-electron chi connectivity index (χ2n) is 5.43. The molecular weight excluding hydrogens is 210 g/mol. The van der Waals surface area contributed by atoms with Crippen molar-refractivity contribution in [2.24, 2.45) is 5.92 Å². The molecule has 1 fully saturated rings. The molecule has 2 nitrogen and oxygen atoms in total. The van der Waals surface area contributed by atoms with E-state index in [1.807, 2.05) is 4.90 Å². The first-order valence-corrected chi connectivity index (χ1v) is 6.15. The van der Waals surface area contributed by atoms with Crippen molar-refractivity contribution in [2.45, 2.75) is 52.1 Å². The molecule has 1 aliphatic rings. The molecule has 0 aromatic rings. The van der Waals surface area contributed by atoms with Crippen LogP contribution in [-0.2, 0) is 0 Å². The smallest absolute Gasteiger partial charge is 0.251 e. The van der Waals surface area contributed by atoms with Crippen molar-refractivity contribution >= 4 is 0 Å². The molecule has 0 bridgehead atoms. The van der Waals surface area contributed by atoms with Crippen LogP contribution in [0.2, 0.25) is 0 Å². The Morgan fingerprint density at radius 3 is 2.50 bits per heavy atom. The summed E-state index contributed by atoms with van der Waals surface area (Å²) < 4.78 is 25.1. The van der Waals surface area contributed by atoms with E-state index in [4.69, 9.17) is 0 Å². The van der Waals surface area contributed by atoms with Crippen LogP contribution in [-0.4, -0.2) is 42.5 Å². The molecule has 2 atom stereocenters. The number of nitrogens with zero attached hydrogens (tertiary/aromatic N) is 1. The minimum absolute atomic E-state index is 0.0136. The number of piperazine rings is 1. The number of rotatable bonds is 4. The van der Waals surface area contributed by atoms with Gasteiger partial charge in [0.25, 0.3) is 6.43 Å². The van der Waals surface area contributed by atoms with Crippen molar-refractivity contribution in [2.75, 3.05) is 19.6 Å². The summed E-state index contributed by atoms with van der Waals surface area (Å²) in [6, 6.07) is 0.230. The van der Waals surface area contributed by atoms with Gasteiger partial charge < -0.3 is 5.32 Å². The standard InChI is InChI=1S/C12H24F2N2/c1-5-12(4)8-16(7-11(13)14)10(6-15-12)9(2)3/h9-11,15H,5-8H2,1-4H3. The van der Waals surface area contributed by atoms with E-state index < -0.39 is 6.43 Å². The average molecular weight is 234 g/mol. The molecule has 1 aliphatic heterocycles. The Kier molecular flexibility index (Phi) is 4.68. The zero-order chi connectivity index (χ0) is 12.3. The van der Waals surface area contributed by atoms with E-state index in [1.165, 1.54) is 0 Å². The fourth-order valence-corrected chi connectivity index (χ4v) is 2.37. The minimum Gasteiger partial charge on any atom is -0.309 e. The van der Waals surface area contributed by atoms with E-state index in [-0.39, 0.29) is 18.1 Å². The van der Waals surface area contributed by atoms with E-state index in [9.17, 15) is 8.78 Å². The maximum atomic E-state index is 12.5. The largest absolute Gasteiger partial charge is 0.309 e. The Hall–Kier alpha value is -0.220. The van der Waals surface area contributed by atoms with Gasteiger partial charge in [0.2, 0.25) is 0 Å². The Bertz CT molecular complexity index is 221. The molecule has 0 saturated carbocycles. The first-order valence-electron chi connectivity index (χ1n) is 6.15. The second-order valence-corrected chi connectivity index (χ2v) is 5.43. The summed E-state index contributed by atoms with van der Waals surface area (Å²) in [6.07, 6.45) is -1.27. The molecule has 4 heteroatoms. The molecule has 1 N–H and O–H groups in total. The van der Waals surface area contributed by atoms with Crippen LogP contribution in [0.4, 0.5) is 8.78 Å². The van der Waals surface area contributed by atoms with Gasteiger partial charge in [0.1, 0.15) is 0 Å². The molecule has 1 saturated heterocycles. The van der Waals surface area contributed by atoms with Crippen LogP contribution in [0.15, 0.2) is 0 Å². The van der Waals surface area contributed by atoms with Crippen LogP contribution in [0, 0.1) is 5.92 Å². The van der Waals surface area contributed by atoms with E-state index in [0.29, 0.717) is 5.92 Å². The monoisotopic (exact) mass is 234 g/mol. The molecule has 0 radical (unpaired) electrons. The fraction of sp³-hybridized carbons (Fsp3) is 1.00. The third-order valence-corrected chi connectivity index (χ3v) is 3.68. The molecule has 16 heavy (non-hydrogen) atoms. The topological polar surface area (TPSA) is 15.3 Å². The second kappa shape index (κ2) is 5.41. The predicted molar refractivity (Wildman–Crippen MR) is 62.9 cm³/mol. The van der Waals surface area contributed by atoms with Gasteiger partial charge in [-0.25, -0.2) is 8.78 Å². The van der Waals surface area contributed by atoms with Gasteiger partial charge in [-0.15, -0.1) is 0 Å². The van der Waals surface area contributed by atoms with Crippen molar-refractivity contribution in [3.8, 4) is 0 Å². The van der Waals surface area contributed by atoms with Crippen molar-refractivity contribution in [1.82, 2.24) is 10.2 Å². The lowest BCUT2D eigenvalue weighted by atomic mass is 9.90. The third kappa shape index (κ3) is 3.39. The average Bonchev–Trinajstić information content (AvgIpc) is 2.16. The first-order chi connectivity index (χ1) is 7.38. The van der Waals surface area contributed by atoms with Crippen molar-refractivity contribution in [1.29, 1.82) is 0 Å². The van der Waals surface area contributed by atoms with Crippen LogP contribution >= 0.6 is 0 Å². The molecule has 1 rings (SSSR count). The van der Waals surface area contributed by atoms with Gasteiger partial charge >= 0.3 is 0 Å². The minimum atomic E-state index is -2.24. The van der Waals surface area contributed by atoms with E-state index in [1.54, 1.807) is 0 Å². The predicted octanol–water partition coefficient (Wildman–Crippen LogP) is 2.35. The van der Waals surface area contributed by atoms with E-state index >= 15 is 0 Å². The number of nitrogens with one attached hydrogen (secondary N) is 1. The van der Waals surface area contributed by atoms with Gasteiger partial charge in [-0.05, 0) is 19.3 Å². The molecule has 96 valence electrons. The lowest BCUT2D eigenvalue weighted by Gasteiger charge is -2.47. The van der Waals surface area contributed by atoms with Crippen LogP contribution in [0.1, 0.15) is 34.1 Å². The Labute approximate surface area is 97.4 Å². The summed E-state index contributed by atoms with van der Waals surface area (Å²) in [7, 11) is 0. The molecule has 1 heterocycles. The highest BCUT2D eigenvalue weighted by Crippen LogP contribution is 2.23. The highest BCUT2D eigenvalue weighted by Gasteiger charge is 2.36. The van der Waals surface area contributed by atoms with Gasteiger partial charge in [-0.1, -0.05) is 20.8 Å². The molecule has 2 unspecified atom stereocenters. The lowest BCUT2D eigenvalue weighted by Crippen LogP contribution is -2.64. The molecule has 0 amide bonds. The SMILES string of the molecule is CCC1(C)CN(CC(F)F)C(C(C)C)CN1. The van der Waals surface area contributed by atoms with Crippen LogP contribution < -0.4 is 5.32 Å². The number of halogens is 2. The Morgan fingerprint density at radius 1 is 1.44 bits per heavy atom. The highest BCUT2D eigenvalue weighted by atomic mass is 19.3. The summed E-state index contributed by atoms with van der Waals surface area (Å²) in [5.41, 5.74) is -0.0136. The van der Waals surface area contributed by atoms with Gasteiger partial charge in [0.05, 0.1) is 6.54 Å². The molecule has 0 aromatic carbocycles. The van der Waals surface area contributed by atoms with Gasteiger partial charge in [-0.2, -0.15) is 0 Å². The van der Waals surface area contributed by atoms with Gasteiger partial charge in [-0.3, -0.25) is 4.90 Å². The highest BCUT2D eigenvalue weighted by molar-refractivity contribution is 4.95. The molecule has 0 spiro atoms. The maximum absolute atomic E-state index is 12.5. The third-order valence-electron chi connectivity index (χ3n) is 3.68. The van der Waals surface area contributed by atoms with Crippen LogP contribution in [0.3, 0.4) is 0 Å².